The third kappa shape index (κ3) is 3.34. The molecule has 0 saturated carbocycles. The Balaban J connectivity index is 2.12. The lowest BCUT2D eigenvalue weighted by Gasteiger charge is -2.22. The smallest absolute Gasteiger partial charge is 0.107 e. The van der Waals surface area contributed by atoms with Gasteiger partial charge in [0.1, 0.15) is 5.82 Å². The number of nitrogens with one attached hydrogen (secondary N) is 1. The van der Waals surface area contributed by atoms with Crippen LogP contribution in [-0.2, 0) is 6.42 Å². The number of hydrogen-bond donors (Lipinski definition) is 1. The van der Waals surface area contributed by atoms with E-state index in [1.165, 1.54) is 12.0 Å². The lowest BCUT2D eigenvalue weighted by atomic mass is 9.84. The van der Waals surface area contributed by atoms with Crippen LogP contribution in [0.5, 0.6) is 0 Å². The predicted molar refractivity (Wildman–Crippen MR) is 77.8 cm³/mol. The molecule has 0 aliphatic rings. The molecule has 18 heavy (non-hydrogen) atoms. The van der Waals surface area contributed by atoms with Crippen LogP contribution in [0.2, 0.25) is 0 Å². The summed E-state index contributed by atoms with van der Waals surface area (Å²) in [6.07, 6.45) is 2.26. The minimum absolute atomic E-state index is 0.391. The van der Waals surface area contributed by atoms with Crippen LogP contribution >= 0.6 is 0 Å². The van der Waals surface area contributed by atoms with Crippen LogP contribution in [0.25, 0.3) is 11.0 Å². The van der Waals surface area contributed by atoms with E-state index in [1.807, 2.05) is 0 Å². The summed E-state index contributed by atoms with van der Waals surface area (Å²) in [7, 11) is 0. The number of fused-ring (bicyclic) bond motifs is 1. The van der Waals surface area contributed by atoms with Gasteiger partial charge in [0.05, 0.1) is 11.0 Å². The number of hydrogen-bond acceptors (Lipinski definition) is 1. The summed E-state index contributed by atoms with van der Waals surface area (Å²) < 4.78 is 0. The minimum atomic E-state index is 0.391. The van der Waals surface area contributed by atoms with E-state index in [-0.39, 0.29) is 0 Å². The van der Waals surface area contributed by atoms with Crippen molar-refractivity contribution in [2.45, 2.75) is 47.5 Å². The molecule has 0 fully saturated rings. The van der Waals surface area contributed by atoms with Crippen LogP contribution in [-0.4, -0.2) is 9.97 Å². The van der Waals surface area contributed by atoms with Gasteiger partial charge in [-0.25, -0.2) is 4.98 Å². The van der Waals surface area contributed by atoms with Crippen molar-refractivity contribution < 1.29 is 0 Å². The normalized spacial score (nSPS) is 14.1. The highest BCUT2D eigenvalue weighted by molar-refractivity contribution is 5.75. The van der Waals surface area contributed by atoms with Crippen LogP contribution in [0.3, 0.4) is 0 Å². The summed E-state index contributed by atoms with van der Waals surface area (Å²) in [4.78, 5) is 8.11. The van der Waals surface area contributed by atoms with Gasteiger partial charge < -0.3 is 4.98 Å². The average Bonchev–Trinajstić information content (AvgIpc) is 2.55. The van der Waals surface area contributed by atoms with Gasteiger partial charge >= 0.3 is 0 Å². The second kappa shape index (κ2) is 4.75. The largest absolute Gasteiger partial charge is 0.342 e. The molecule has 0 spiro atoms. The molecule has 1 N–H and O–H groups in total. The quantitative estimate of drug-likeness (QED) is 0.847. The molecule has 0 aliphatic heterocycles. The first-order valence-electron chi connectivity index (χ1n) is 6.79. The molecule has 0 saturated heterocycles. The molecule has 0 radical (unpaired) electrons. The lowest BCUT2D eigenvalue weighted by Crippen LogP contribution is -2.13. The molecule has 1 aromatic heterocycles. The average molecular weight is 244 g/mol. The van der Waals surface area contributed by atoms with Gasteiger partial charge in [0.25, 0.3) is 0 Å². The Labute approximate surface area is 110 Å². The van der Waals surface area contributed by atoms with Gasteiger partial charge in [-0.15, -0.1) is 0 Å². The fourth-order valence-corrected chi connectivity index (χ4v) is 2.72. The van der Waals surface area contributed by atoms with Crippen LogP contribution in [0.15, 0.2) is 18.2 Å². The van der Waals surface area contributed by atoms with Gasteiger partial charge in [-0.3, -0.25) is 0 Å². The Morgan fingerprint density at radius 3 is 2.67 bits per heavy atom. The summed E-state index contributed by atoms with van der Waals surface area (Å²) in [5.74, 6) is 1.78. The number of rotatable bonds is 3. The summed E-state index contributed by atoms with van der Waals surface area (Å²) in [5, 5.41) is 0. The molecule has 0 amide bonds. The van der Waals surface area contributed by atoms with Crippen LogP contribution < -0.4 is 0 Å². The molecule has 2 aromatic rings. The zero-order valence-electron chi connectivity index (χ0n) is 12.2. The standard InChI is InChI=1S/C16H24N2/c1-11-6-7-13-14(8-11)18-15(17-13)9-12(2)10-16(3,4)5/h6-8,12H,9-10H2,1-5H3,(H,17,18). The third-order valence-corrected chi connectivity index (χ3v) is 3.19. The molecule has 98 valence electrons. The number of nitrogens with zero attached hydrogens (tertiary/aromatic N) is 1. The first-order chi connectivity index (χ1) is 8.33. The van der Waals surface area contributed by atoms with E-state index in [0.717, 1.165) is 23.3 Å². The van der Waals surface area contributed by atoms with Crippen molar-refractivity contribution in [1.29, 1.82) is 0 Å². The van der Waals surface area contributed by atoms with Gasteiger partial charge in [-0.05, 0) is 42.4 Å². The zero-order valence-corrected chi connectivity index (χ0v) is 12.2. The SMILES string of the molecule is Cc1ccc2nc(CC(C)CC(C)(C)C)[nH]c2c1. The molecular weight excluding hydrogens is 220 g/mol. The van der Waals surface area contributed by atoms with E-state index >= 15 is 0 Å². The highest BCUT2D eigenvalue weighted by atomic mass is 14.9. The van der Waals surface area contributed by atoms with Crippen LogP contribution in [0, 0.1) is 18.3 Å². The van der Waals surface area contributed by atoms with E-state index in [1.54, 1.807) is 0 Å². The molecule has 0 aliphatic carbocycles. The minimum Gasteiger partial charge on any atom is -0.342 e. The molecule has 1 aromatic carbocycles. The fraction of sp³-hybridized carbons (Fsp3) is 0.562. The van der Waals surface area contributed by atoms with Crippen LogP contribution in [0.1, 0.15) is 45.5 Å². The lowest BCUT2D eigenvalue weighted by molar-refractivity contribution is 0.304. The second-order valence-electron chi connectivity index (χ2n) is 6.78. The third-order valence-electron chi connectivity index (χ3n) is 3.19. The maximum absolute atomic E-state index is 4.67. The number of benzene rings is 1. The second-order valence-corrected chi connectivity index (χ2v) is 6.78. The molecule has 1 atom stereocenters. The monoisotopic (exact) mass is 244 g/mol. The van der Waals surface area contributed by atoms with Gasteiger partial charge in [0.15, 0.2) is 0 Å². The maximum Gasteiger partial charge on any atom is 0.107 e. The number of H-pyrrole nitrogens is 1. The summed E-state index contributed by atoms with van der Waals surface area (Å²) in [6, 6.07) is 6.38. The Morgan fingerprint density at radius 1 is 1.28 bits per heavy atom. The zero-order chi connectivity index (χ0) is 13.3. The molecular formula is C16H24N2. The van der Waals surface area contributed by atoms with E-state index in [9.17, 15) is 0 Å². The van der Waals surface area contributed by atoms with Crippen molar-refractivity contribution >= 4 is 11.0 Å². The van der Waals surface area contributed by atoms with Crippen molar-refractivity contribution in [2.75, 3.05) is 0 Å². The Hall–Kier alpha value is -1.31. The summed E-state index contributed by atoms with van der Waals surface area (Å²) >= 11 is 0. The molecule has 1 heterocycles. The van der Waals surface area contributed by atoms with Gasteiger partial charge in [0.2, 0.25) is 0 Å². The van der Waals surface area contributed by atoms with Gasteiger partial charge in [-0.2, -0.15) is 0 Å². The molecule has 2 nitrogen and oxygen atoms in total. The van der Waals surface area contributed by atoms with Gasteiger partial charge in [-0.1, -0.05) is 33.8 Å². The van der Waals surface area contributed by atoms with E-state index in [2.05, 4.69) is 62.8 Å². The number of aromatic amines is 1. The molecule has 0 bridgehead atoms. The van der Waals surface area contributed by atoms with Crippen molar-refractivity contribution in [3.05, 3.63) is 29.6 Å². The predicted octanol–water partition coefficient (Wildman–Crippen LogP) is 4.49. The van der Waals surface area contributed by atoms with Crippen molar-refractivity contribution in [3.8, 4) is 0 Å². The Bertz CT molecular complexity index is 532. The first-order valence-corrected chi connectivity index (χ1v) is 6.79. The Morgan fingerprint density at radius 2 is 2.00 bits per heavy atom. The van der Waals surface area contributed by atoms with Crippen LogP contribution in [0.4, 0.5) is 0 Å². The number of aryl methyl sites for hydroxylation is 1. The molecule has 1 unspecified atom stereocenters. The van der Waals surface area contributed by atoms with E-state index in [0.29, 0.717) is 11.3 Å². The topological polar surface area (TPSA) is 28.7 Å². The summed E-state index contributed by atoms with van der Waals surface area (Å²) in [6.45, 7) is 11.3. The Kier molecular flexibility index (Phi) is 3.47. The van der Waals surface area contributed by atoms with E-state index < -0.39 is 0 Å². The first kappa shape index (κ1) is 13.1. The number of aromatic nitrogens is 2. The van der Waals surface area contributed by atoms with Crippen molar-refractivity contribution in [2.24, 2.45) is 11.3 Å². The highest BCUT2D eigenvalue weighted by Gasteiger charge is 2.16. The van der Waals surface area contributed by atoms with E-state index in [4.69, 9.17) is 0 Å². The summed E-state index contributed by atoms with van der Waals surface area (Å²) in [5.41, 5.74) is 3.91. The number of imidazole rings is 1. The molecule has 2 heteroatoms. The maximum atomic E-state index is 4.67. The van der Waals surface area contributed by atoms with Crippen molar-refractivity contribution in [3.63, 3.8) is 0 Å². The highest BCUT2D eigenvalue weighted by Crippen LogP contribution is 2.26. The van der Waals surface area contributed by atoms with Crippen molar-refractivity contribution in [1.82, 2.24) is 9.97 Å². The fourth-order valence-electron chi connectivity index (χ4n) is 2.72. The molecule has 2 rings (SSSR count). The van der Waals surface area contributed by atoms with Gasteiger partial charge in [0, 0.05) is 6.42 Å².